The van der Waals surface area contributed by atoms with E-state index in [4.69, 9.17) is 4.74 Å². The quantitative estimate of drug-likeness (QED) is 0.718. The normalized spacial score (nSPS) is 13.6. The third-order valence-corrected chi connectivity index (χ3v) is 3.24. The van der Waals surface area contributed by atoms with Crippen LogP contribution < -0.4 is 15.4 Å². The summed E-state index contributed by atoms with van der Waals surface area (Å²) in [6.07, 6.45) is 3.28. The van der Waals surface area contributed by atoms with Crippen molar-refractivity contribution < 1.29 is 14.3 Å². The highest BCUT2D eigenvalue weighted by atomic mass is 16.5. The molecule has 114 valence electrons. The van der Waals surface area contributed by atoms with Crippen molar-refractivity contribution >= 4 is 11.8 Å². The largest absolute Gasteiger partial charge is 0.493 e. The van der Waals surface area contributed by atoms with E-state index in [1.165, 1.54) is 0 Å². The number of carbonyl (C=O) groups excluding carboxylic acids is 2. The Kier molecular flexibility index (Phi) is 5.60. The Labute approximate surface area is 125 Å². The van der Waals surface area contributed by atoms with Crippen molar-refractivity contribution in [3.05, 3.63) is 29.8 Å². The van der Waals surface area contributed by atoms with Crippen LogP contribution in [0.15, 0.2) is 24.3 Å². The molecular formula is C16H22N2O3. The van der Waals surface area contributed by atoms with E-state index in [1.807, 2.05) is 13.0 Å². The Balaban J connectivity index is 1.72. The second-order valence-corrected chi connectivity index (χ2v) is 5.13. The summed E-state index contributed by atoms with van der Waals surface area (Å²) in [5.41, 5.74) is 0.529. The van der Waals surface area contributed by atoms with Crippen molar-refractivity contribution in [2.75, 3.05) is 13.2 Å². The van der Waals surface area contributed by atoms with Gasteiger partial charge < -0.3 is 15.4 Å². The minimum Gasteiger partial charge on any atom is -0.493 e. The maximum atomic E-state index is 12.1. The van der Waals surface area contributed by atoms with Crippen LogP contribution in [0, 0.1) is 0 Å². The highest BCUT2D eigenvalue weighted by Gasteiger charge is 2.22. The van der Waals surface area contributed by atoms with Crippen LogP contribution in [-0.4, -0.2) is 31.0 Å². The van der Waals surface area contributed by atoms with E-state index in [-0.39, 0.29) is 11.8 Å². The van der Waals surface area contributed by atoms with Gasteiger partial charge in [-0.05, 0) is 38.3 Å². The van der Waals surface area contributed by atoms with E-state index >= 15 is 0 Å². The summed E-state index contributed by atoms with van der Waals surface area (Å²) in [5, 5.41) is 5.75. The smallest absolute Gasteiger partial charge is 0.255 e. The average Bonchev–Trinajstić information content (AvgIpc) is 3.28. The Morgan fingerprint density at radius 2 is 2.05 bits per heavy atom. The van der Waals surface area contributed by atoms with Crippen molar-refractivity contribution in [2.45, 2.75) is 38.6 Å². The van der Waals surface area contributed by atoms with Gasteiger partial charge in [-0.2, -0.15) is 0 Å². The highest BCUT2D eigenvalue weighted by molar-refractivity contribution is 5.96. The maximum absolute atomic E-state index is 12.1. The number of benzene rings is 1. The van der Waals surface area contributed by atoms with Crippen LogP contribution in [-0.2, 0) is 4.79 Å². The van der Waals surface area contributed by atoms with Gasteiger partial charge in [0.15, 0.2) is 0 Å². The first kappa shape index (κ1) is 15.4. The highest BCUT2D eigenvalue weighted by Crippen LogP contribution is 2.19. The molecule has 0 saturated heterocycles. The minimum atomic E-state index is -0.165. The molecular weight excluding hydrogens is 268 g/mol. The molecule has 0 aromatic heterocycles. The van der Waals surface area contributed by atoms with Crippen LogP contribution >= 0.6 is 0 Å². The summed E-state index contributed by atoms with van der Waals surface area (Å²) in [6.45, 7) is 2.89. The first-order valence-electron chi connectivity index (χ1n) is 7.50. The molecule has 2 amide bonds. The summed E-state index contributed by atoms with van der Waals surface area (Å²) in [4.78, 5) is 23.6. The number of nitrogens with one attached hydrogen (secondary N) is 2. The molecule has 0 aliphatic heterocycles. The van der Waals surface area contributed by atoms with Gasteiger partial charge in [0.2, 0.25) is 5.91 Å². The number of rotatable bonds is 8. The molecule has 2 rings (SSSR count). The van der Waals surface area contributed by atoms with Crippen molar-refractivity contribution in [3.63, 3.8) is 0 Å². The molecule has 0 atom stereocenters. The first-order valence-corrected chi connectivity index (χ1v) is 7.50. The number of hydrogen-bond donors (Lipinski definition) is 2. The lowest BCUT2D eigenvalue weighted by atomic mass is 10.2. The molecule has 1 aliphatic carbocycles. The molecule has 5 heteroatoms. The molecule has 0 heterocycles. The van der Waals surface area contributed by atoms with Gasteiger partial charge in [0.25, 0.3) is 5.91 Å². The number of ether oxygens (including phenoxy) is 1. The molecule has 0 radical (unpaired) electrons. The zero-order chi connectivity index (χ0) is 15.1. The Morgan fingerprint density at radius 3 is 2.76 bits per heavy atom. The number of carbonyl (C=O) groups is 2. The van der Waals surface area contributed by atoms with Gasteiger partial charge in [0, 0.05) is 19.0 Å². The lowest BCUT2D eigenvalue weighted by Gasteiger charge is -2.10. The first-order chi connectivity index (χ1) is 10.2. The lowest BCUT2D eigenvalue weighted by molar-refractivity contribution is -0.121. The number of hydrogen-bond acceptors (Lipinski definition) is 3. The van der Waals surface area contributed by atoms with Crippen LogP contribution in [0.3, 0.4) is 0 Å². The fourth-order valence-corrected chi connectivity index (χ4v) is 2.01. The zero-order valence-electron chi connectivity index (χ0n) is 12.4. The van der Waals surface area contributed by atoms with Gasteiger partial charge in [-0.15, -0.1) is 0 Å². The Hall–Kier alpha value is -2.04. The summed E-state index contributed by atoms with van der Waals surface area (Å²) in [7, 11) is 0. The topological polar surface area (TPSA) is 67.4 Å². The fourth-order valence-electron chi connectivity index (χ4n) is 2.01. The molecule has 1 aliphatic rings. The predicted molar refractivity (Wildman–Crippen MR) is 80.3 cm³/mol. The second-order valence-electron chi connectivity index (χ2n) is 5.13. The summed E-state index contributed by atoms with van der Waals surface area (Å²) in [6, 6.07) is 7.55. The molecule has 0 unspecified atom stereocenters. The summed E-state index contributed by atoms with van der Waals surface area (Å²) >= 11 is 0. The molecule has 1 fully saturated rings. The van der Waals surface area contributed by atoms with E-state index in [1.54, 1.807) is 18.2 Å². The molecule has 1 saturated carbocycles. The number of amides is 2. The minimum absolute atomic E-state index is 0.0708. The van der Waals surface area contributed by atoms with Crippen molar-refractivity contribution in [3.8, 4) is 5.75 Å². The van der Waals surface area contributed by atoms with Crippen LogP contribution in [0.5, 0.6) is 5.75 Å². The van der Waals surface area contributed by atoms with E-state index in [2.05, 4.69) is 10.6 Å². The molecule has 2 N–H and O–H groups in total. The van der Waals surface area contributed by atoms with Crippen molar-refractivity contribution in [2.24, 2.45) is 0 Å². The standard InChI is InChI=1S/C16H22N2O3/c1-2-21-14-7-4-3-6-13(14)16(20)17-11-5-8-15(19)18-12-9-10-12/h3-4,6-7,12H,2,5,8-11H2,1H3,(H,17,20)(H,18,19). The van der Waals surface area contributed by atoms with Gasteiger partial charge in [-0.1, -0.05) is 12.1 Å². The molecule has 5 nitrogen and oxygen atoms in total. The Bertz CT molecular complexity index is 498. The fraction of sp³-hybridized carbons (Fsp3) is 0.500. The van der Waals surface area contributed by atoms with E-state index in [0.717, 1.165) is 12.8 Å². The predicted octanol–water partition coefficient (Wildman–Crippen LogP) is 1.87. The SMILES string of the molecule is CCOc1ccccc1C(=O)NCCCC(=O)NC1CC1. The van der Waals surface area contributed by atoms with Crippen LogP contribution in [0.4, 0.5) is 0 Å². The van der Waals surface area contributed by atoms with Gasteiger partial charge in [-0.25, -0.2) is 0 Å². The third-order valence-electron chi connectivity index (χ3n) is 3.24. The monoisotopic (exact) mass is 290 g/mol. The molecule has 0 spiro atoms. The van der Waals surface area contributed by atoms with Gasteiger partial charge in [0.05, 0.1) is 12.2 Å². The summed E-state index contributed by atoms with van der Waals surface area (Å²) in [5.74, 6) is 0.493. The molecule has 1 aromatic rings. The molecule has 1 aromatic carbocycles. The van der Waals surface area contributed by atoms with Crippen LogP contribution in [0.2, 0.25) is 0 Å². The number of para-hydroxylation sites is 1. The van der Waals surface area contributed by atoms with Crippen LogP contribution in [0.1, 0.15) is 43.0 Å². The van der Waals surface area contributed by atoms with E-state index < -0.39 is 0 Å². The zero-order valence-corrected chi connectivity index (χ0v) is 12.4. The molecule has 0 bridgehead atoms. The second kappa shape index (κ2) is 7.67. The van der Waals surface area contributed by atoms with Crippen molar-refractivity contribution in [1.82, 2.24) is 10.6 Å². The van der Waals surface area contributed by atoms with Gasteiger partial charge >= 0.3 is 0 Å². The van der Waals surface area contributed by atoms with E-state index in [0.29, 0.717) is 43.3 Å². The Morgan fingerprint density at radius 1 is 1.29 bits per heavy atom. The molecule has 21 heavy (non-hydrogen) atoms. The maximum Gasteiger partial charge on any atom is 0.255 e. The van der Waals surface area contributed by atoms with Gasteiger partial charge in [0.1, 0.15) is 5.75 Å². The summed E-state index contributed by atoms with van der Waals surface area (Å²) < 4.78 is 5.43. The van der Waals surface area contributed by atoms with Crippen LogP contribution in [0.25, 0.3) is 0 Å². The average molecular weight is 290 g/mol. The lowest BCUT2D eigenvalue weighted by Crippen LogP contribution is -2.28. The third kappa shape index (κ3) is 5.10. The van der Waals surface area contributed by atoms with Crippen molar-refractivity contribution in [1.29, 1.82) is 0 Å². The van der Waals surface area contributed by atoms with E-state index in [9.17, 15) is 9.59 Å². The van der Waals surface area contributed by atoms with Gasteiger partial charge in [-0.3, -0.25) is 9.59 Å².